The Morgan fingerprint density at radius 2 is 1.84 bits per heavy atom. The summed E-state index contributed by atoms with van der Waals surface area (Å²) in [6, 6.07) is 2.21. The first-order valence-corrected chi connectivity index (χ1v) is 9.31. The number of piperazine rings is 1. The Labute approximate surface area is 151 Å². The summed E-state index contributed by atoms with van der Waals surface area (Å²) in [6.45, 7) is 1.53. The smallest absolute Gasteiger partial charge is 0.246 e. The minimum Gasteiger partial charge on any atom is -0.339 e. The highest BCUT2D eigenvalue weighted by atomic mass is 35.5. The predicted molar refractivity (Wildman–Crippen MR) is 90.0 cm³/mol. The van der Waals surface area contributed by atoms with Crippen molar-refractivity contribution in [3.63, 3.8) is 0 Å². The average molecular weight is 396 g/mol. The zero-order valence-corrected chi connectivity index (χ0v) is 15.1. The lowest BCUT2D eigenvalue weighted by Gasteiger charge is -2.35. The number of carbonyl (C=O) groups excluding carboxylic acids is 1. The number of benzene rings is 1. The van der Waals surface area contributed by atoms with Gasteiger partial charge in [0.15, 0.2) is 0 Å². The molecule has 0 radical (unpaired) electrons. The standard InChI is InChI=1S/C15H19F2N3O3S.ClH/c16-11-3-4-14(12(17)10-11)24(22,23)20-8-6-19(7-9-20)15(21)13-2-1-5-18-13;/h3-4,10,13,18H,1-2,5-9H2;1H. The van der Waals surface area contributed by atoms with Crippen LogP contribution in [-0.2, 0) is 14.8 Å². The van der Waals surface area contributed by atoms with E-state index in [0.717, 1.165) is 35.8 Å². The largest absolute Gasteiger partial charge is 0.339 e. The second kappa shape index (κ2) is 7.94. The number of nitrogens with zero attached hydrogens (tertiary/aromatic N) is 2. The summed E-state index contributed by atoms with van der Waals surface area (Å²) in [5, 5.41) is 3.13. The van der Waals surface area contributed by atoms with E-state index in [9.17, 15) is 22.0 Å². The molecule has 0 bridgehead atoms. The number of nitrogens with one attached hydrogen (secondary N) is 1. The molecule has 3 rings (SSSR count). The summed E-state index contributed by atoms with van der Waals surface area (Å²) in [4.78, 5) is 13.4. The fourth-order valence-corrected chi connectivity index (χ4v) is 4.56. The molecule has 2 heterocycles. The Hall–Kier alpha value is -1.29. The minimum atomic E-state index is -4.04. The van der Waals surface area contributed by atoms with Gasteiger partial charge in [-0.3, -0.25) is 4.79 Å². The fraction of sp³-hybridized carbons (Fsp3) is 0.533. The van der Waals surface area contributed by atoms with E-state index >= 15 is 0 Å². The summed E-state index contributed by atoms with van der Waals surface area (Å²) >= 11 is 0. The van der Waals surface area contributed by atoms with Crippen molar-refractivity contribution in [3.8, 4) is 0 Å². The molecule has 1 atom stereocenters. The molecule has 140 valence electrons. The first kappa shape index (κ1) is 20.0. The van der Waals surface area contributed by atoms with E-state index in [-0.39, 0.29) is 50.5 Å². The van der Waals surface area contributed by atoms with E-state index in [1.807, 2.05) is 0 Å². The van der Waals surface area contributed by atoms with E-state index in [1.54, 1.807) is 4.90 Å². The van der Waals surface area contributed by atoms with Crippen LogP contribution in [0.15, 0.2) is 23.1 Å². The monoisotopic (exact) mass is 395 g/mol. The van der Waals surface area contributed by atoms with Crippen LogP contribution in [0.2, 0.25) is 0 Å². The first-order chi connectivity index (χ1) is 11.4. The number of sulfonamides is 1. The number of carbonyl (C=O) groups is 1. The van der Waals surface area contributed by atoms with Gasteiger partial charge >= 0.3 is 0 Å². The van der Waals surface area contributed by atoms with Crippen LogP contribution in [0.4, 0.5) is 8.78 Å². The molecule has 2 aliphatic heterocycles. The van der Waals surface area contributed by atoms with Crippen LogP contribution in [-0.4, -0.2) is 62.3 Å². The van der Waals surface area contributed by atoms with Crippen LogP contribution >= 0.6 is 12.4 Å². The van der Waals surface area contributed by atoms with Gasteiger partial charge in [-0.25, -0.2) is 17.2 Å². The van der Waals surface area contributed by atoms with Gasteiger partial charge in [0.25, 0.3) is 0 Å². The van der Waals surface area contributed by atoms with Crippen molar-refractivity contribution in [1.82, 2.24) is 14.5 Å². The molecule has 0 aromatic heterocycles. The molecule has 1 unspecified atom stereocenters. The van der Waals surface area contributed by atoms with Crippen molar-refractivity contribution in [2.24, 2.45) is 0 Å². The number of hydrogen-bond donors (Lipinski definition) is 1. The zero-order chi connectivity index (χ0) is 17.3. The molecule has 10 heteroatoms. The minimum absolute atomic E-state index is 0. The molecule has 1 N–H and O–H groups in total. The number of halogens is 3. The van der Waals surface area contributed by atoms with Gasteiger partial charge in [-0.1, -0.05) is 0 Å². The van der Waals surface area contributed by atoms with Crippen molar-refractivity contribution in [3.05, 3.63) is 29.8 Å². The third-order valence-corrected chi connectivity index (χ3v) is 6.35. The topological polar surface area (TPSA) is 69.7 Å². The Kier molecular flexibility index (Phi) is 6.36. The van der Waals surface area contributed by atoms with Crippen LogP contribution in [0.3, 0.4) is 0 Å². The molecule has 6 nitrogen and oxygen atoms in total. The number of amides is 1. The van der Waals surface area contributed by atoms with Crippen LogP contribution in [0.25, 0.3) is 0 Å². The molecule has 1 amide bonds. The van der Waals surface area contributed by atoms with Gasteiger partial charge in [-0.05, 0) is 31.5 Å². The Morgan fingerprint density at radius 1 is 1.16 bits per heavy atom. The van der Waals surface area contributed by atoms with Gasteiger partial charge in [0.1, 0.15) is 16.5 Å². The molecule has 0 spiro atoms. The summed E-state index contributed by atoms with van der Waals surface area (Å²) in [6.07, 6.45) is 1.74. The van der Waals surface area contributed by atoms with Crippen LogP contribution in [0.1, 0.15) is 12.8 Å². The van der Waals surface area contributed by atoms with Gasteiger partial charge in [-0.15, -0.1) is 12.4 Å². The van der Waals surface area contributed by atoms with Crippen molar-refractivity contribution in [2.45, 2.75) is 23.8 Å². The highest BCUT2D eigenvalue weighted by molar-refractivity contribution is 7.89. The van der Waals surface area contributed by atoms with Gasteiger partial charge in [0.2, 0.25) is 15.9 Å². The van der Waals surface area contributed by atoms with Crippen molar-refractivity contribution < 1.29 is 22.0 Å². The summed E-state index contributed by atoms with van der Waals surface area (Å²) in [5.41, 5.74) is 0. The summed E-state index contributed by atoms with van der Waals surface area (Å²) < 4.78 is 52.9. The maximum Gasteiger partial charge on any atom is 0.246 e. The van der Waals surface area contributed by atoms with Gasteiger partial charge in [0, 0.05) is 32.2 Å². The molecule has 0 aliphatic carbocycles. The highest BCUT2D eigenvalue weighted by Crippen LogP contribution is 2.22. The maximum absolute atomic E-state index is 13.8. The molecule has 25 heavy (non-hydrogen) atoms. The van der Waals surface area contributed by atoms with Gasteiger partial charge in [0.05, 0.1) is 6.04 Å². The fourth-order valence-electron chi connectivity index (χ4n) is 3.09. The van der Waals surface area contributed by atoms with Crippen molar-refractivity contribution in [1.29, 1.82) is 0 Å². The van der Waals surface area contributed by atoms with Crippen molar-refractivity contribution >= 4 is 28.3 Å². The SMILES string of the molecule is Cl.O=C(C1CCCN1)N1CCN(S(=O)(=O)c2ccc(F)cc2F)CC1. The van der Waals surface area contributed by atoms with Crippen LogP contribution < -0.4 is 5.32 Å². The molecule has 2 fully saturated rings. The predicted octanol–water partition coefficient (Wildman–Crippen LogP) is 0.971. The quantitative estimate of drug-likeness (QED) is 0.828. The Bertz CT molecular complexity index is 734. The molecular weight excluding hydrogens is 376 g/mol. The lowest BCUT2D eigenvalue weighted by atomic mass is 10.2. The average Bonchev–Trinajstić information content (AvgIpc) is 3.08. The number of hydrogen-bond acceptors (Lipinski definition) is 4. The van der Waals surface area contributed by atoms with E-state index in [2.05, 4.69) is 5.32 Å². The second-order valence-corrected chi connectivity index (χ2v) is 7.86. The number of rotatable bonds is 3. The zero-order valence-electron chi connectivity index (χ0n) is 13.5. The van der Waals surface area contributed by atoms with E-state index in [4.69, 9.17) is 0 Å². The molecule has 2 saturated heterocycles. The highest BCUT2D eigenvalue weighted by Gasteiger charge is 2.34. The van der Waals surface area contributed by atoms with Crippen LogP contribution in [0.5, 0.6) is 0 Å². The van der Waals surface area contributed by atoms with Crippen LogP contribution in [0, 0.1) is 11.6 Å². The van der Waals surface area contributed by atoms with Crippen molar-refractivity contribution in [2.75, 3.05) is 32.7 Å². The molecular formula is C15H20ClF2N3O3S. The summed E-state index contributed by atoms with van der Waals surface area (Å²) in [5.74, 6) is -1.95. The summed E-state index contributed by atoms with van der Waals surface area (Å²) in [7, 11) is -4.04. The lowest BCUT2D eigenvalue weighted by molar-refractivity contribution is -0.134. The van der Waals surface area contributed by atoms with Gasteiger partial charge < -0.3 is 10.2 Å². The lowest BCUT2D eigenvalue weighted by Crippen LogP contribution is -2.54. The van der Waals surface area contributed by atoms with E-state index in [0.29, 0.717) is 6.07 Å². The molecule has 2 aliphatic rings. The third-order valence-electron chi connectivity index (χ3n) is 4.42. The normalized spacial score (nSPS) is 21.8. The molecule has 0 saturated carbocycles. The van der Waals surface area contributed by atoms with E-state index in [1.165, 1.54) is 0 Å². The Morgan fingerprint density at radius 3 is 2.40 bits per heavy atom. The third kappa shape index (κ3) is 4.11. The molecule has 1 aromatic rings. The maximum atomic E-state index is 13.8. The first-order valence-electron chi connectivity index (χ1n) is 7.87. The van der Waals surface area contributed by atoms with Gasteiger partial charge in [-0.2, -0.15) is 4.31 Å². The Balaban J connectivity index is 0.00000225. The second-order valence-electron chi connectivity index (χ2n) is 5.95. The molecule has 1 aromatic carbocycles. The van der Waals surface area contributed by atoms with E-state index < -0.39 is 26.6 Å².